The van der Waals surface area contributed by atoms with E-state index < -0.39 is 28.0 Å². The molecule has 1 amide bonds. The van der Waals surface area contributed by atoms with Crippen molar-refractivity contribution < 1.29 is 22.7 Å². The summed E-state index contributed by atoms with van der Waals surface area (Å²) in [5.41, 5.74) is 1.65. The lowest BCUT2D eigenvalue weighted by atomic mass is 9.96. The number of nitrogens with one attached hydrogen (secondary N) is 1. The Labute approximate surface area is 201 Å². The number of ether oxygens (including phenoxy) is 1. The van der Waals surface area contributed by atoms with E-state index in [4.69, 9.17) is 4.74 Å². The van der Waals surface area contributed by atoms with E-state index in [2.05, 4.69) is 5.32 Å². The van der Waals surface area contributed by atoms with Gasteiger partial charge < -0.3 is 15.0 Å². The van der Waals surface area contributed by atoms with Gasteiger partial charge in [0.05, 0.1) is 10.5 Å². The van der Waals surface area contributed by atoms with Crippen LogP contribution in [0.1, 0.15) is 49.4 Å². The number of hydrogen-bond donors (Lipinski definition) is 1. The Morgan fingerprint density at radius 2 is 1.65 bits per heavy atom. The molecule has 9 heteroatoms. The van der Waals surface area contributed by atoms with Crippen molar-refractivity contribution in [3.63, 3.8) is 0 Å². The highest BCUT2D eigenvalue weighted by atomic mass is 32.2. The highest BCUT2D eigenvalue weighted by Gasteiger charge is 2.30. The molecular formula is C25H33N3O5S. The van der Waals surface area contributed by atoms with E-state index in [9.17, 15) is 18.0 Å². The number of amides is 1. The number of nitrogens with zero attached hydrogens (tertiary/aromatic N) is 2. The maximum Gasteiger partial charge on any atom is 0.338 e. The molecule has 0 aliphatic heterocycles. The van der Waals surface area contributed by atoms with Crippen LogP contribution in [-0.4, -0.2) is 57.9 Å². The summed E-state index contributed by atoms with van der Waals surface area (Å²) in [6.07, 6.45) is 3.75. The first-order chi connectivity index (χ1) is 16.1. The van der Waals surface area contributed by atoms with E-state index in [-0.39, 0.29) is 16.5 Å². The van der Waals surface area contributed by atoms with Crippen molar-refractivity contribution in [1.29, 1.82) is 0 Å². The average Bonchev–Trinajstić information content (AvgIpc) is 2.84. The van der Waals surface area contributed by atoms with Crippen molar-refractivity contribution >= 4 is 33.3 Å². The van der Waals surface area contributed by atoms with Gasteiger partial charge in [-0.2, -0.15) is 4.31 Å². The number of sulfonamides is 1. The number of esters is 1. The molecule has 0 saturated heterocycles. The second-order valence-corrected chi connectivity index (χ2v) is 10.8. The Morgan fingerprint density at radius 1 is 1.00 bits per heavy atom. The van der Waals surface area contributed by atoms with E-state index in [1.807, 2.05) is 31.1 Å². The van der Waals surface area contributed by atoms with Gasteiger partial charge >= 0.3 is 5.97 Å². The van der Waals surface area contributed by atoms with Gasteiger partial charge in [-0.1, -0.05) is 25.3 Å². The Morgan fingerprint density at radius 3 is 2.26 bits per heavy atom. The summed E-state index contributed by atoms with van der Waals surface area (Å²) in [7, 11) is 1.68. The Bertz CT molecular complexity index is 1110. The van der Waals surface area contributed by atoms with Crippen molar-refractivity contribution in [1.82, 2.24) is 4.31 Å². The summed E-state index contributed by atoms with van der Waals surface area (Å²) in [6, 6.07) is 13.0. The predicted molar refractivity (Wildman–Crippen MR) is 133 cm³/mol. The first kappa shape index (κ1) is 25.7. The third-order valence-electron chi connectivity index (χ3n) is 6.14. The lowest BCUT2D eigenvalue weighted by Gasteiger charge is -2.30. The van der Waals surface area contributed by atoms with Crippen LogP contribution in [0.15, 0.2) is 53.4 Å². The molecule has 1 aliphatic rings. The smallest absolute Gasteiger partial charge is 0.338 e. The van der Waals surface area contributed by atoms with Crippen LogP contribution in [0.2, 0.25) is 0 Å². The van der Waals surface area contributed by atoms with E-state index in [1.54, 1.807) is 19.2 Å². The van der Waals surface area contributed by atoms with Gasteiger partial charge in [0.2, 0.25) is 10.0 Å². The zero-order chi connectivity index (χ0) is 24.9. The summed E-state index contributed by atoms with van der Waals surface area (Å²) in [5.74, 6) is -1.24. The van der Waals surface area contributed by atoms with Gasteiger partial charge in [-0.25, -0.2) is 13.2 Å². The molecule has 8 nitrogen and oxygen atoms in total. The number of carbonyl (C=O) groups excluding carboxylic acids is 2. The largest absolute Gasteiger partial charge is 0.449 e. The van der Waals surface area contributed by atoms with Gasteiger partial charge in [0.15, 0.2) is 6.10 Å². The van der Waals surface area contributed by atoms with Crippen LogP contribution in [0.3, 0.4) is 0 Å². The van der Waals surface area contributed by atoms with E-state index in [0.29, 0.717) is 5.69 Å². The molecule has 2 aromatic carbocycles. The molecule has 1 atom stereocenters. The van der Waals surface area contributed by atoms with Gasteiger partial charge in [0, 0.05) is 38.6 Å². The minimum Gasteiger partial charge on any atom is -0.449 e. The molecule has 0 aromatic heterocycles. The van der Waals surface area contributed by atoms with E-state index >= 15 is 0 Å². The fourth-order valence-corrected chi connectivity index (χ4v) is 5.42. The van der Waals surface area contributed by atoms with Crippen LogP contribution >= 0.6 is 0 Å². The van der Waals surface area contributed by atoms with Crippen molar-refractivity contribution in [3.8, 4) is 0 Å². The zero-order valence-electron chi connectivity index (χ0n) is 20.2. The highest BCUT2D eigenvalue weighted by Crippen LogP contribution is 2.27. The van der Waals surface area contributed by atoms with Crippen LogP contribution in [-0.2, 0) is 19.6 Å². The normalized spacial score (nSPS) is 15.6. The average molecular weight is 488 g/mol. The van der Waals surface area contributed by atoms with Crippen molar-refractivity contribution in [2.75, 3.05) is 31.4 Å². The fourth-order valence-electron chi connectivity index (χ4n) is 3.96. The van der Waals surface area contributed by atoms with Crippen LogP contribution in [0.4, 0.5) is 11.4 Å². The van der Waals surface area contributed by atoms with Gasteiger partial charge in [0.25, 0.3) is 5.91 Å². The zero-order valence-corrected chi connectivity index (χ0v) is 21.0. The first-order valence-electron chi connectivity index (χ1n) is 11.5. The predicted octanol–water partition coefficient (Wildman–Crippen LogP) is 3.89. The second-order valence-electron chi connectivity index (χ2n) is 8.82. The molecule has 0 unspecified atom stereocenters. The minimum absolute atomic E-state index is 0.0353. The molecule has 3 rings (SSSR count). The molecule has 0 radical (unpaired) electrons. The standard InChI is InChI=1S/C25H33N3O5S/c1-18(24(29)26-20-13-15-21(16-14-20)27(2)3)33-25(30)19-9-8-12-23(17-19)34(31,32)28(4)22-10-6-5-7-11-22/h8-9,12-18,22H,5-7,10-11H2,1-4H3,(H,26,29)/t18-/m1/s1. The fraction of sp³-hybridized carbons (Fsp3) is 0.440. The summed E-state index contributed by atoms with van der Waals surface area (Å²) in [6.45, 7) is 1.47. The third kappa shape index (κ3) is 6.15. The highest BCUT2D eigenvalue weighted by molar-refractivity contribution is 7.89. The molecule has 2 aromatic rings. The Kier molecular flexibility index (Phi) is 8.33. The van der Waals surface area contributed by atoms with Gasteiger partial charge in [-0.05, 0) is 62.2 Å². The second kappa shape index (κ2) is 11.0. The van der Waals surface area contributed by atoms with Gasteiger partial charge in [0.1, 0.15) is 0 Å². The monoisotopic (exact) mass is 487 g/mol. The first-order valence-corrected chi connectivity index (χ1v) is 12.9. The van der Waals surface area contributed by atoms with Crippen LogP contribution in [0, 0.1) is 0 Å². The molecule has 1 saturated carbocycles. The molecule has 0 bridgehead atoms. The molecule has 0 spiro atoms. The van der Waals surface area contributed by atoms with Crippen molar-refractivity contribution in [2.24, 2.45) is 0 Å². The molecule has 184 valence electrons. The topological polar surface area (TPSA) is 96.0 Å². The number of hydrogen-bond acceptors (Lipinski definition) is 6. The van der Waals surface area contributed by atoms with Gasteiger partial charge in [-0.15, -0.1) is 0 Å². The van der Waals surface area contributed by atoms with E-state index in [1.165, 1.54) is 35.5 Å². The minimum atomic E-state index is -3.75. The molecule has 34 heavy (non-hydrogen) atoms. The summed E-state index contributed by atoms with van der Waals surface area (Å²) in [5, 5.41) is 2.71. The maximum atomic E-state index is 13.1. The van der Waals surface area contributed by atoms with Crippen LogP contribution in [0.25, 0.3) is 0 Å². The van der Waals surface area contributed by atoms with Gasteiger partial charge in [-0.3, -0.25) is 4.79 Å². The molecular weight excluding hydrogens is 454 g/mol. The van der Waals surface area contributed by atoms with Crippen molar-refractivity contribution in [2.45, 2.75) is 56.1 Å². The van der Waals surface area contributed by atoms with Crippen LogP contribution < -0.4 is 10.2 Å². The quantitative estimate of drug-likeness (QED) is 0.568. The number of benzene rings is 2. The van der Waals surface area contributed by atoms with Crippen LogP contribution in [0.5, 0.6) is 0 Å². The SMILES string of the molecule is C[C@@H](OC(=O)c1cccc(S(=O)(=O)N(C)C2CCCCC2)c1)C(=O)Nc1ccc(N(C)C)cc1. The maximum absolute atomic E-state index is 13.1. The molecule has 1 aliphatic carbocycles. The van der Waals surface area contributed by atoms with E-state index in [0.717, 1.165) is 37.8 Å². The lowest BCUT2D eigenvalue weighted by Crippen LogP contribution is -2.38. The molecule has 1 fully saturated rings. The number of carbonyl (C=O) groups is 2. The number of rotatable bonds is 8. The summed E-state index contributed by atoms with van der Waals surface area (Å²) < 4.78 is 32.9. The molecule has 0 heterocycles. The summed E-state index contributed by atoms with van der Waals surface area (Å²) >= 11 is 0. The third-order valence-corrected chi connectivity index (χ3v) is 8.05. The summed E-state index contributed by atoms with van der Waals surface area (Å²) in [4.78, 5) is 27.1. The van der Waals surface area contributed by atoms with Crippen molar-refractivity contribution in [3.05, 3.63) is 54.1 Å². The molecule has 1 N–H and O–H groups in total. The lowest BCUT2D eigenvalue weighted by molar-refractivity contribution is -0.123. The Balaban J connectivity index is 1.65. The Hall–Kier alpha value is -2.91. The number of anilines is 2.